The van der Waals surface area contributed by atoms with Gasteiger partial charge in [-0.2, -0.15) is 0 Å². The Morgan fingerprint density at radius 1 is 1.14 bits per heavy atom. The van der Waals surface area contributed by atoms with Crippen LogP contribution in [-0.2, 0) is 10.0 Å². The van der Waals surface area contributed by atoms with Crippen molar-refractivity contribution in [3.63, 3.8) is 0 Å². The minimum absolute atomic E-state index is 0.277. The molecule has 0 fully saturated rings. The number of benzene rings is 2. The van der Waals surface area contributed by atoms with Gasteiger partial charge in [0.1, 0.15) is 10.7 Å². The molecule has 0 unspecified atom stereocenters. The summed E-state index contributed by atoms with van der Waals surface area (Å²) in [5.74, 6) is -0.518. The Hall–Kier alpha value is -1.40. The van der Waals surface area contributed by atoms with E-state index in [0.29, 0.717) is 10.2 Å². The van der Waals surface area contributed by atoms with Crippen molar-refractivity contribution in [2.75, 3.05) is 4.72 Å². The van der Waals surface area contributed by atoms with Crippen LogP contribution in [0.5, 0.6) is 0 Å². The molecular formula is C15H15BrFNO2S. The molecule has 2 aromatic carbocycles. The van der Waals surface area contributed by atoms with E-state index in [9.17, 15) is 12.8 Å². The van der Waals surface area contributed by atoms with Crippen molar-refractivity contribution in [3.8, 4) is 0 Å². The normalized spacial score (nSPS) is 11.7. The van der Waals surface area contributed by atoms with Crippen LogP contribution in [-0.4, -0.2) is 8.42 Å². The second-order valence-electron chi connectivity index (χ2n) is 4.96. The minimum Gasteiger partial charge on any atom is -0.280 e. The van der Waals surface area contributed by atoms with E-state index in [1.54, 1.807) is 18.2 Å². The van der Waals surface area contributed by atoms with Gasteiger partial charge in [0.2, 0.25) is 0 Å². The molecule has 0 saturated heterocycles. The lowest BCUT2D eigenvalue weighted by Crippen LogP contribution is -2.14. The Labute approximate surface area is 132 Å². The molecule has 112 valence electrons. The SMILES string of the molecule is CC(C)c1cccc(NS(=O)(=O)c2ccc(Br)cc2F)c1. The van der Waals surface area contributed by atoms with Gasteiger partial charge < -0.3 is 0 Å². The third-order valence-corrected chi connectivity index (χ3v) is 4.90. The van der Waals surface area contributed by atoms with Gasteiger partial charge in [0, 0.05) is 10.2 Å². The summed E-state index contributed by atoms with van der Waals surface area (Å²) in [6.45, 7) is 4.03. The van der Waals surface area contributed by atoms with Crippen molar-refractivity contribution < 1.29 is 12.8 Å². The van der Waals surface area contributed by atoms with Gasteiger partial charge in [-0.3, -0.25) is 4.72 Å². The van der Waals surface area contributed by atoms with E-state index in [1.165, 1.54) is 12.1 Å². The molecule has 0 amide bonds. The van der Waals surface area contributed by atoms with Crippen LogP contribution in [0.2, 0.25) is 0 Å². The highest BCUT2D eigenvalue weighted by Gasteiger charge is 2.19. The van der Waals surface area contributed by atoms with E-state index in [-0.39, 0.29) is 10.8 Å². The van der Waals surface area contributed by atoms with Crippen molar-refractivity contribution in [1.82, 2.24) is 0 Å². The molecule has 0 aliphatic heterocycles. The zero-order valence-electron chi connectivity index (χ0n) is 11.6. The molecule has 0 heterocycles. The molecule has 0 atom stereocenters. The number of hydrogen-bond donors (Lipinski definition) is 1. The molecule has 6 heteroatoms. The lowest BCUT2D eigenvalue weighted by atomic mass is 10.0. The summed E-state index contributed by atoms with van der Waals surface area (Å²) in [5, 5.41) is 0. The molecular weight excluding hydrogens is 357 g/mol. The summed E-state index contributed by atoms with van der Waals surface area (Å²) in [5.41, 5.74) is 1.43. The van der Waals surface area contributed by atoms with E-state index >= 15 is 0 Å². The quantitative estimate of drug-likeness (QED) is 0.858. The van der Waals surface area contributed by atoms with Crippen LogP contribution in [0.15, 0.2) is 51.8 Å². The Morgan fingerprint density at radius 3 is 2.48 bits per heavy atom. The van der Waals surface area contributed by atoms with E-state index in [1.807, 2.05) is 19.9 Å². The predicted molar refractivity (Wildman–Crippen MR) is 85.4 cm³/mol. The summed E-state index contributed by atoms with van der Waals surface area (Å²) < 4.78 is 41.2. The fraction of sp³-hybridized carbons (Fsp3) is 0.200. The van der Waals surface area contributed by atoms with Gasteiger partial charge in [-0.05, 0) is 41.8 Å². The zero-order chi connectivity index (χ0) is 15.6. The summed E-state index contributed by atoms with van der Waals surface area (Å²) in [6, 6.07) is 10.9. The average Bonchev–Trinajstić information content (AvgIpc) is 2.37. The second-order valence-corrected chi connectivity index (χ2v) is 7.53. The van der Waals surface area contributed by atoms with Gasteiger partial charge in [-0.15, -0.1) is 0 Å². The predicted octanol–water partition coefficient (Wildman–Crippen LogP) is 4.51. The summed E-state index contributed by atoms with van der Waals surface area (Å²) in [7, 11) is -3.95. The lowest BCUT2D eigenvalue weighted by molar-refractivity contribution is 0.570. The monoisotopic (exact) mass is 371 g/mol. The largest absolute Gasteiger partial charge is 0.280 e. The summed E-state index contributed by atoms with van der Waals surface area (Å²) >= 11 is 3.10. The molecule has 0 bridgehead atoms. The van der Waals surface area contributed by atoms with E-state index < -0.39 is 15.8 Å². The van der Waals surface area contributed by atoms with Crippen molar-refractivity contribution in [1.29, 1.82) is 0 Å². The van der Waals surface area contributed by atoms with Gasteiger partial charge in [0.25, 0.3) is 10.0 Å². The molecule has 21 heavy (non-hydrogen) atoms. The van der Waals surface area contributed by atoms with Gasteiger partial charge in [-0.1, -0.05) is 41.9 Å². The van der Waals surface area contributed by atoms with Crippen LogP contribution in [0.25, 0.3) is 0 Å². The molecule has 1 N–H and O–H groups in total. The smallest absolute Gasteiger partial charge is 0.264 e. The molecule has 2 rings (SSSR count). The Bertz CT molecular complexity index is 760. The van der Waals surface area contributed by atoms with Crippen LogP contribution in [0.4, 0.5) is 10.1 Å². The molecule has 3 nitrogen and oxygen atoms in total. The Kier molecular flexibility index (Phi) is 4.68. The third-order valence-electron chi connectivity index (χ3n) is 2.99. The van der Waals surface area contributed by atoms with E-state index in [0.717, 1.165) is 11.6 Å². The first-order valence-corrected chi connectivity index (χ1v) is 8.65. The maximum absolute atomic E-state index is 13.8. The molecule has 0 radical (unpaired) electrons. The molecule has 0 saturated carbocycles. The lowest BCUT2D eigenvalue weighted by Gasteiger charge is -2.11. The molecule has 2 aromatic rings. The third kappa shape index (κ3) is 3.83. The Balaban J connectivity index is 2.35. The standard InChI is InChI=1S/C15H15BrFNO2S/c1-10(2)11-4-3-5-13(8-11)18-21(19,20)15-7-6-12(16)9-14(15)17/h3-10,18H,1-2H3. The highest BCUT2D eigenvalue weighted by Crippen LogP contribution is 2.24. The average molecular weight is 372 g/mol. The first-order valence-electron chi connectivity index (χ1n) is 6.37. The van der Waals surface area contributed by atoms with Crippen molar-refractivity contribution in [2.24, 2.45) is 0 Å². The van der Waals surface area contributed by atoms with Crippen LogP contribution >= 0.6 is 15.9 Å². The maximum Gasteiger partial charge on any atom is 0.264 e. The Morgan fingerprint density at radius 2 is 1.86 bits per heavy atom. The van der Waals surface area contributed by atoms with Gasteiger partial charge in [0.15, 0.2) is 0 Å². The molecule has 0 spiro atoms. The minimum atomic E-state index is -3.95. The summed E-state index contributed by atoms with van der Waals surface area (Å²) in [6.07, 6.45) is 0. The molecule has 0 aliphatic rings. The van der Waals surface area contributed by atoms with E-state index in [2.05, 4.69) is 20.7 Å². The number of sulfonamides is 1. The van der Waals surface area contributed by atoms with Crippen molar-refractivity contribution in [2.45, 2.75) is 24.7 Å². The van der Waals surface area contributed by atoms with Crippen LogP contribution in [0.3, 0.4) is 0 Å². The number of anilines is 1. The second kappa shape index (κ2) is 6.15. The number of rotatable bonds is 4. The van der Waals surface area contributed by atoms with Gasteiger partial charge in [0.05, 0.1) is 0 Å². The van der Waals surface area contributed by atoms with Gasteiger partial charge in [-0.25, -0.2) is 12.8 Å². The van der Waals surface area contributed by atoms with Crippen LogP contribution < -0.4 is 4.72 Å². The fourth-order valence-electron chi connectivity index (χ4n) is 1.86. The highest BCUT2D eigenvalue weighted by molar-refractivity contribution is 9.10. The fourth-order valence-corrected chi connectivity index (χ4v) is 3.31. The first-order chi connectivity index (χ1) is 9.79. The van der Waals surface area contributed by atoms with Crippen molar-refractivity contribution >= 4 is 31.6 Å². The molecule has 0 aromatic heterocycles. The molecule has 0 aliphatic carbocycles. The maximum atomic E-state index is 13.8. The summed E-state index contributed by atoms with van der Waals surface area (Å²) in [4.78, 5) is -0.374. The zero-order valence-corrected chi connectivity index (χ0v) is 14.0. The van der Waals surface area contributed by atoms with Crippen molar-refractivity contribution in [3.05, 3.63) is 58.3 Å². The van der Waals surface area contributed by atoms with Gasteiger partial charge >= 0.3 is 0 Å². The first kappa shape index (κ1) is 16.0. The van der Waals surface area contributed by atoms with E-state index in [4.69, 9.17) is 0 Å². The number of halogens is 2. The van der Waals surface area contributed by atoms with Crippen LogP contribution in [0, 0.1) is 5.82 Å². The van der Waals surface area contributed by atoms with Crippen LogP contribution in [0.1, 0.15) is 25.3 Å². The highest BCUT2D eigenvalue weighted by atomic mass is 79.9. The number of hydrogen-bond acceptors (Lipinski definition) is 2. The topological polar surface area (TPSA) is 46.2 Å². The number of nitrogens with one attached hydrogen (secondary N) is 1.